The van der Waals surface area contributed by atoms with Crippen LogP contribution in [0.25, 0.3) is 0 Å². The fourth-order valence-electron chi connectivity index (χ4n) is 2.23. The number of hydrogen-bond donors (Lipinski definition) is 3. The zero-order chi connectivity index (χ0) is 17.2. The highest BCUT2D eigenvalue weighted by atomic mass is 35.5. The van der Waals surface area contributed by atoms with Crippen LogP contribution in [0.3, 0.4) is 0 Å². The van der Waals surface area contributed by atoms with E-state index in [4.69, 9.17) is 17.0 Å². The number of β-lactam (4-membered cyclic amide) rings is 1. The molecule has 23 heavy (non-hydrogen) atoms. The van der Waals surface area contributed by atoms with Gasteiger partial charge in [-0.25, -0.2) is 0 Å². The Morgan fingerprint density at radius 3 is 2.57 bits per heavy atom. The summed E-state index contributed by atoms with van der Waals surface area (Å²) < 4.78 is 0. The molecule has 3 N–H and O–H groups in total. The predicted octanol–water partition coefficient (Wildman–Crippen LogP) is 3.50. The Morgan fingerprint density at radius 2 is 2.04 bits per heavy atom. The van der Waals surface area contributed by atoms with Gasteiger partial charge in [-0.05, 0) is 24.3 Å². The Hall–Kier alpha value is -2.01. The number of nitrogens with one attached hydrogen (secondary N) is 2. The van der Waals surface area contributed by atoms with Gasteiger partial charge in [0.05, 0.1) is 6.04 Å². The van der Waals surface area contributed by atoms with E-state index in [0.29, 0.717) is 23.7 Å². The molecule has 0 spiro atoms. The second-order valence-electron chi connectivity index (χ2n) is 6.67. The van der Waals surface area contributed by atoms with E-state index in [1.54, 1.807) is 29.2 Å². The SMILES string of the molecule is CC(C)(C)C(=N)/C=C(\O)NC[C@@H]1CC(=O)N1c1ccc(Cl)cc1. The average molecular weight is 336 g/mol. The van der Waals surface area contributed by atoms with Gasteiger partial charge in [-0.15, -0.1) is 0 Å². The Balaban J connectivity index is 1.96. The van der Waals surface area contributed by atoms with Crippen molar-refractivity contribution in [2.75, 3.05) is 11.4 Å². The molecule has 2 rings (SSSR count). The summed E-state index contributed by atoms with van der Waals surface area (Å²) in [6.45, 7) is 6.15. The number of carbonyl (C=O) groups excluding carboxylic acids is 1. The van der Waals surface area contributed by atoms with Gasteiger partial charge in [-0.2, -0.15) is 0 Å². The Labute approximate surface area is 141 Å². The molecule has 0 bridgehead atoms. The molecule has 1 atom stereocenters. The lowest BCUT2D eigenvalue weighted by atomic mass is 9.90. The molecule has 1 aromatic rings. The highest BCUT2D eigenvalue weighted by Crippen LogP contribution is 2.28. The zero-order valence-corrected chi connectivity index (χ0v) is 14.3. The van der Waals surface area contributed by atoms with Gasteiger partial charge in [0.1, 0.15) is 0 Å². The molecule has 5 nitrogen and oxygen atoms in total. The number of anilines is 1. The Morgan fingerprint density at radius 1 is 1.43 bits per heavy atom. The summed E-state index contributed by atoms with van der Waals surface area (Å²) in [7, 11) is 0. The number of hydrogen-bond acceptors (Lipinski definition) is 4. The van der Waals surface area contributed by atoms with Crippen LogP contribution in [-0.4, -0.2) is 29.3 Å². The number of benzene rings is 1. The topological polar surface area (TPSA) is 76.4 Å². The van der Waals surface area contributed by atoms with E-state index in [2.05, 4.69) is 5.32 Å². The molecular formula is C17H22ClN3O2. The molecule has 0 saturated carbocycles. The van der Waals surface area contributed by atoms with Crippen molar-refractivity contribution in [1.29, 1.82) is 5.41 Å². The minimum Gasteiger partial charge on any atom is -0.495 e. The first kappa shape index (κ1) is 17.3. The van der Waals surface area contributed by atoms with E-state index in [1.807, 2.05) is 20.8 Å². The Bertz CT molecular complexity index is 632. The van der Waals surface area contributed by atoms with Crippen LogP contribution in [0.2, 0.25) is 5.02 Å². The van der Waals surface area contributed by atoms with E-state index >= 15 is 0 Å². The van der Waals surface area contributed by atoms with Gasteiger partial charge in [-0.3, -0.25) is 4.79 Å². The molecule has 1 aromatic carbocycles. The average Bonchev–Trinajstić information content (AvgIpc) is 2.44. The summed E-state index contributed by atoms with van der Waals surface area (Å²) in [6, 6.07) is 7.07. The molecule has 0 aromatic heterocycles. The molecule has 0 unspecified atom stereocenters. The van der Waals surface area contributed by atoms with Crippen LogP contribution >= 0.6 is 11.6 Å². The lowest BCUT2D eigenvalue weighted by molar-refractivity contribution is -0.124. The van der Waals surface area contributed by atoms with Gasteiger partial charge >= 0.3 is 0 Å². The minimum absolute atomic E-state index is 0.0250. The Kier molecular flexibility index (Phi) is 5.00. The number of aliphatic hydroxyl groups excluding tert-OH is 1. The van der Waals surface area contributed by atoms with E-state index in [0.717, 1.165) is 5.69 Å². The zero-order valence-electron chi connectivity index (χ0n) is 13.6. The van der Waals surface area contributed by atoms with Crippen molar-refractivity contribution in [3.63, 3.8) is 0 Å². The van der Waals surface area contributed by atoms with Gasteiger partial charge in [-0.1, -0.05) is 32.4 Å². The smallest absolute Gasteiger partial charge is 0.229 e. The lowest BCUT2D eigenvalue weighted by Gasteiger charge is -2.40. The van der Waals surface area contributed by atoms with E-state index in [1.165, 1.54) is 6.08 Å². The summed E-state index contributed by atoms with van der Waals surface area (Å²) in [5, 5.41) is 21.3. The molecule has 1 aliphatic rings. The maximum Gasteiger partial charge on any atom is 0.229 e. The van der Waals surface area contributed by atoms with Crippen molar-refractivity contribution < 1.29 is 9.90 Å². The predicted molar refractivity (Wildman–Crippen MR) is 93.2 cm³/mol. The molecule has 1 amide bonds. The van der Waals surface area contributed by atoms with Crippen LogP contribution in [0.1, 0.15) is 27.2 Å². The minimum atomic E-state index is -0.322. The van der Waals surface area contributed by atoms with Crippen LogP contribution in [0.4, 0.5) is 5.69 Å². The first-order chi connectivity index (χ1) is 10.7. The number of nitrogens with zero attached hydrogens (tertiary/aromatic N) is 1. The van der Waals surface area contributed by atoms with Crippen LogP contribution in [0.5, 0.6) is 0 Å². The fourth-order valence-corrected chi connectivity index (χ4v) is 2.35. The van der Waals surface area contributed by atoms with Crippen LogP contribution in [0.15, 0.2) is 36.2 Å². The third-order valence-corrected chi connectivity index (χ3v) is 4.01. The van der Waals surface area contributed by atoms with Crippen molar-refractivity contribution in [2.24, 2.45) is 5.41 Å². The maximum absolute atomic E-state index is 11.8. The van der Waals surface area contributed by atoms with E-state index in [-0.39, 0.29) is 23.2 Å². The normalized spacial score (nSPS) is 18.6. The molecule has 6 heteroatoms. The van der Waals surface area contributed by atoms with Crippen molar-refractivity contribution >= 4 is 28.9 Å². The monoisotopic (exact) mass is 335 g/mol. The molecule has 0 aliphatic carbocycles. The first-order valence-corrected chi connectivity index (χ1v) is 7.87. The van der Waals surface area contributed by atoms with Crippen molar-refractivity contribution in [2.45, 2.75) is 33.2 Å². The van der Waals surface area contributed by atoms with Crippen molar-refractivity contribution in [3.8, 4) is 0 Å². The quantitative estimate of drug-likeness (QED) is 0.438. The number of aliphatic hydroxyl groups is 1. The molecular weight excluding hydrogens is 314 g/mol. The second kappa shape index (κ2) is 6.62. The standard InChI is InChI=1S/C17H22ClN3O2/c1-17(2,3)14(19)9-15(22)20-10-13-8-16(23)21(13)12-6-4-11(18)5-7-12/h4-7,9,13,19-20,22H,8,10H2,1-3H3/b15-9-,19-14?/t13-/m0/s1. The number of amides is 1. The maximum atomic E-state index is 11.8. The molecule has 0 radical (unpaired) electrons. The summed E-state index contributed by atoms with van der Waals surface area (Å²) in [4.78, 5) is 13.5. The van der Waals surface area contributed by atoms with Crippen LogP contribution in [0, 0.1) is 10.8 Å². The third kappa shape index (κ3) is 4.26. The van der Waals surface area contributed by atoms with Gasteiger partial charge in [0.2, 0.25) is 5.91 Å². The van der Waals surface area contributed by atoms with Crippen LogP contribution in [-0.2, 0) is 4.79 Å². The number of halogens is 1. The number of rotatable bonds is 5. The van der Waals surface area contributed by atoms with Crippen molar-refractivity contribution in [1.82, 2.24) is 5.32 Å². The van der Waals surface area contributed by atoms with Gasteiger partial charge in [0, 0.05) is 40.9 Å². The second-order valence-corrected chi connectivity index (χ2v) is 7.11. The molecule has 1 fully saturated rings. The number of allylic oxidation sites excluding steroid dienone is 1. The van der Waals surface area contributed by atoms with Gasteiger partial charge in [0.25, 0.3) is 0 Å². The summed E-state index contributed by atoms with van der Waals surface area (Å²) in [5.41, 5.74) is 0.808. The summed E-state index contributed by atoms with van der Waals surface area (Å²) >= 11 is 5.86. The highest BCUT2D eigenvalue weighted by Gasteiger charge is 2.36. The lowest BCUT2D eigenvalue weighted by Crippen LogP contribution is -2.57. The summed E-state index contributed by atoms with van der Waals surface area (Å²) in [5.74, 6) is -0.00893. The highest BCUT2D eigenvalue weighted by molar-refractivity contribution is 6.30. The fraction of sp³-hybridized carbons (Fsp3) is 0.412. The first-order valence-electron chi connectivity index (χ1n) is 7.49. The molecule has 1 heterocycles. The molecule has 1 saturated heterocycles. The van der Waals surface area contributed by atoms with E-state index in [9.17, 15) is 9.90 Å². The molecule has 124 valence electrons. The third-order valence-electron chi connectivity index (χ3n) is 3.76. The van der Waals surface area contributed by atoms with Gasteiger partial charge in [0.15, 0.2) is 5.88 Å². The van der Waals surface area contributed by atoms with Crippen LogP contribution < -0.4 is 10.2 Å². The summed E-state index contributed by atoms with van der Waals surface area (Å²) in [6.07, 6.45) is 1.84. The largest absolute Gasteiger partial charge is 0.495 e. The van der Waals surface area contributed by atoms with E-state index < -0.39 is 0 Å². The van der Waals surface area contributed by atoms with Crippen molar-refractivity contribution in [3.05, 3.63) is 41.2 Å². The number of carbonyl (C=O) groups is 1. The molecule has 1 aliphatic heterocycles. The van der Waals surface area contributed by atoms with Gasteiger partial charge < -0.3 is 20.7 Å².